The lowest BCUT2D eigenvalue weighted by Crippen LogP contribution is -2.37. The van der Waals surface area contributed by atoms with Crippen LogP contribution in [0.15, 0.2) is 72.8 Å². The van der Waals surface area contributed by atoms with Crippen LogP contribution < -0.4 is 5.32 Å². The van der Waals surface area contributed by atoms with E-state index in [-0.39, 0.29) is 29.9 Å². The van der Waals surface area contributed by atoms with Gasteiger partial charge in [0.1, 0.15) is 5.60 Å². The Morgan fingerprint density at radius 2 is 0.977 bits per heavy atom. The van der Waals surface area contributed by atoms with Gasteiger partial charge in [-0.3, -0.25) is 9.59 Å². The standard InChI is InChI=1S/C37H49N3O4/c1-25(2)38-22-28-10-16-31(17-11-28)34(41)39(26(3)4)23-29-12-18-32(19-13-29)35(42)40(27(5)6)24-30-14-20-33(21-15-30)36(43)44-37(7,8)9/h10-21,25-27,38H,22-24H2,1-9H3. The van der Waals surface area contributed by atoms with E-state index in [4.69, 9.17) is 4.74 Å². The summed E-state index contributed by atoms with van der Waals surface area (Å²) in [5.41, 5.74) is 4.17. The summed E-state index contributed by atoms with van der Waals surface area (Å²) in [7, 11) is 0. The first-order valence-electron chi connectivity index (χ1n) is 15.5. The zero-order chi connectivity index (χ0) is 32.6. The molecule has 0 unspecified atom stereocenters. The number of hydrogen-bond acceptors (Lipinski definition) is 5. The minimum atomic E-state index is -0.564. The average Bonchev–Trinajstić information content (AvgIpc) is 2.96. The van der Waals surface area contributed by atoms with Crippen molar-refractivity contribution in [2.45, 2.75) is 106 Å². The fourth-order valence-electron chi connectivity index (χ4n) is 4.63. The van der Waals surface area contributed by atoms with Gasteiger partial charge in [0.25, 0.3) is 11.8 Å². The molecule has 0 atom stereocenters. The van der Waals surface area contributed by atoms with Crippen molar-refractivity contribution in [2.75, 3.05) is 0 Å². The van der Waals surface area contributed by atoms with Gasteiger partial charge < -0.3 is 19.9 Å². The van der Waals surface area contributed by atoms with E-state index in [0.717, 1.165) is 23.2 Å². The van der Waals surface area contributed by atoms with Crippen LogP contribution in [0.25, 0.3) is 0 Å². The zero-order valence-electron chi connectivity index (χ0n) is 27.8. The second-order valence-electron chi connectivity index (χ2n) is 13.2. The topological polar surface area (TPSA) is 79.0 Å². The molecule has 3 aromatic carbocycles. The summed E-state index contributed by atoms with van der Waals surface area (Å²) in [6.07, 6.45) is 0. The average molecular weight is 600 g/mol. The molecular weight excluding hydrogens is 550 g/mol. The molecule has 0 bridgehead atoms. The summed E-state index contributed by atoms with van der Waals surface area (Å²) in [6, 6.07) is 22.8. The maximum atomic E-state index is 13.6. The van der Waals surface area contributed by atoms with Gasteiger partial charge in [-0.2, -0.15) is 0 Å². The highest BCUT2D eigenvalue weighted by Gasteiger charge is 2.22. The van der Waals surface area contributed by atoms with Crippen LogP contribution in [0.5, 0.6) is 0 Å². The zero-order valence-corrected chi connectivity index (χ0v) is 27.8. The van der Waals surface area contributed by atoms with Crippen LogP contribution in [0.2, 0.25) is 0 Å². The van der Waals surface area contributed by atoms with Crippen molar-refractivity contribution in [1.29, 1.82) is 0 Å². The van der Waals surface area contributed by atoms with Gasteiger partial charge >= 0.3 is 5.97 Å². The lowest BCUT2D eigenvalue weighted by atomic mass is 10.1. The fourth-order valence-corrected chi connectivity index (χ4v) is 4.63. The molecule has 0 saturated heterocycles. The van der Waals surface area contributed by atoms with E-state index in [1.807, 2.05) is 119 Å². The molecule has 44 heavy (non-hydrogen) atoms. The Bertz CT molecular complexity index is 1390. The number of nitrogens with zero attached hydrogens (tertiary/aromatic N) is 2. The Hall–Kier alpha value is -3.97. The Labute approximate surface area is 263 Å². The highest BCUT2D eigenvalue weighted by atomic mass is 16.6. The third-order valence-corrected chi connectivity index (χ3v) is 7.18. The van der Waals surface area contributed by atoms with Gasteiger partial charge in [0.05, 0.1) is 5.56 Å². The predicted octanol–water partition coefficient (Wildman–Crippen LogP) is 7.24. The first kappa shape index (κ1) is 34.5. The Morgan fingerprint density at radius 1 is 0.614 bits per heavy atom. The van der Waals surface area contributed by atoms with Gasteiger partial charge in [-0.15, -0.1) is 0 Å². The van der Waals surface area contributed by atoms with Gasteiger partial charge in [-0.05, 0) is 102 Å². The summed E-state index contributed by atoms with van der Waals surface area (Å²) in [4.78, 5) is 43.0. The van der Waals surface area contributed by atoms with Gasteiger partial charge in [-0.1, -0.05) is 50.2 Å². The van der Waals surface area contributed by atoms with Crippen molar-refractivity contribution in [3.05, 3.63) is 106 Å². The number of hydrogen-bond donors (Lipinski definition) is 1. The minimum Gasteiger partial charge on any atom is -0.456 e. The molecule has 0 fully saturated rings. The molecule has 0 aliphatic rings. The van der Waals surface area contributed by atoms with Gasteiger partial charge in [-0.25, -0.2) is 4.79 Å². The fraction of sp³-hybridized carbons (Fsp3) is 0.432. The van der Waals surface area contributed by atoms with E-state index in [9.17, 15) is 14.4 Å². The number of amides is 2. The molecular formula is C37H49N3O4. The van der Waals surface area contributed by atoms with Crippen LogP contribution in [-0.4, -0.2) is 51.3 Å². The van der Waals surface area contributed by atoms with E-state index < -0.39 is 5.60 Å². The van der Waals surface area contributed by atoms with Crippen LogP contribution in [0.3, 0.4) is 0 Å². The molecule has 0 aliphatic heterocycles. The smallest absolute Gasteiger partial charge is 0.338 e. The Kier molecular flexibility index (Phi) is 11.9. The summed E-state index contributed by atoms with van der Waals surface area (Å²) >= 11 is 0. The number of nitrogens with one attached hydrogen (secondary N) is 1. The molecule has 2 amide bonds. The molecule has 0 spiro atoms. The maximum absolute atomic E-state index is 13.6. The van der Waals surface area contributed by atoms with Crippen LogP contribution in [0.1, 0.15) is 110 Å². The highest BCUT2D eigenvalue weighted by Crippen LogP contribution is 2.19. The number of esters is 1. The SMILES string of the molecule is CC(C)NCc1ccc(C(=O)N(Cc2ccc(C(=O)N(Cc3ccc(C(=O)OC(C)(C)C)cc3)C(C)C)cc2)C(C)C)cc1. The van der Waals surface area contributed by atoms with E-state index in [1.54, 1.807) is 12.1 Å². The predicted molar refractivity (Wildman–Crippen MR) is 176 cm³/mol. The molecule has 0 aliphatic carbocycles. The molecule has 0 aromatic heterocycles. The van der Waals surface area contributed by atoms with Gasteiger partial charge in [0, 0.05) is 48.9 Å². The maximum Gasteiger partial charge on any atom is 0.338 e. The van der Waals surface area contributed by atoms with E-state index in [1.165, 1.54) is 0 Å². The Balaban J connectivity index is 1.68. The van der Waals surface area contributed by atoms with Gasteiger partial charge in [0.2, 0.25) is 0 Å². The number of benzene rings is 3. The van der Waals surface area contributed by atoms with Crippen molar-refractivity contribution < 1.29 is 19.1 Å². The highest BCUT2D eigenvalue weighted by molar-refractivity contribution is 5.95. The summed E-state index contributed by atoms with van der Waals surface area (Å²) in [6.45, 7) is 19.3. The number of carbonyl (C=O) groups is 3. The molecule has 7 heteroatoms. The molecule has 0 saturated carbocycles. The van der Waals surface area contributed by atoms with Crippen LogP contribution in [-0.2, 0) is 24.4 Å². The second-order valence-corrected chi connectivity index (χ2v) is 13.2. The molecule has 3 aromatic rings. The monoisotopic (exact) mass is 599 g/mol. The number of carbonyl (C=O) groups excluding carboxylic acids is 3. The van der Waals surface area contributed by atoms with Crippen molar-refractivity contribution in [3.63, 3.8) is 0 Å². The van der Waals surface area contributed by atoms with Crippen LogP contribution in [0, 0.1) is 0 Å². The molecule has 3 rings (SSSR count). The second kappa shape index (κ2) is 15.2. The first-order valence-corrected chi connectivity index (χ1v) is 15.5. The summed E-state index contributed by atoms with van der Waals surface area (Å²) in [5.74, 6) is -0.468. The largest absolute Gasteiger partial charge is 0.456 e. The molecule has 0 heterocycles. The number of ether oxygens (including phenoxy) is 1. The molecule has 1 N–H and O–H groups in total. The van der Waals surface area contributed by atoms with E-state index >= 15 is 0 Å². The number of rotatable bonds is 12. The normalized spacial score (nSPS) is 11.6. The van der Waals surface area contributed by atoms with Crippen molar-refractivity contribution in [3.8, 4) is 0 Å². The van der Waals surface area contributed by atoms with E-state index in [0.29, 0.717) is 35.8 Å². The lowest BCUT2D eigenvalue weighted by Gasteiger charge is -2.28. The van der Waals surface area contributed by atoms with E-state index in [2.05, 4.69) is 19.2 Å². The summed E-state index contributed by atoms with van der Waals surface area (Å²) < 4.78 is 5.45. The molecule has 7 nitrogen and oxygen atoms in total. The van der Waals surface area contributed by atoms with Crippen molar-refractivity contribution in [2.24, 2.45) is 0 Å². The van der Waals surface area contributed by atoms with Crippen molar-refractivity contribution >= 4 is 17.8 Å². The third-order valence-electron chi connectivity index (χ3n) is 7.18. The summed E-state index contributed by atoms with van der Waals surface area (Å²) in [5, 5.41) is 3.40. The quantitative estimate of drug-likeness (QED) is 0.222. The first-order chi connectivity index (χ1) is 20.6. The van der Waals surface area contributed by atoms with Crippen molar-refractivity contribution in [1.82, 2.24) is 15.1 Å². The molecule has 236 valence electrons. The van der Waals surface area contributed by atoms with Gasteiger partial charge in [0.15, 0.2) is 0 Å². The van der Waals surface area contributed by atoms with Crippen LogP contribution >= 0.6 is 0 Å². The van der Waals surface area contributed by atoms with Crippen LogP contribution in [0.4, 0.5) is 0 Å². The minimum absolute atomic E-state index is 0.00392. The lowest BCUT2D eigenvalue weighted by molar-refractivity contribution is 0.00690. The molecule has 0 radical (unpaired) electrons. The Morgan fingerprint density at radius 3 is 1.32 bits per heavy atom. The third kappa shape index (κ3) is 10.1.